The number of carbonyl (C=O) groups excluding carboxylic acids is 1. The number of aliphatic hydroxyl groups excluding tert-OH is 1. The van der Waals surface area contributed by atoms with E-state index in [-0.39, 0.29) is 24.0 Å². The van der Waals surface area contributed by atoms with E-state index in [1.165, 1.54) is 35.1 Å². The SMILES string of the molecule is CC(=O)Nc1ccc(S(=O)(=O)N2CC=C(CCO)Sc3ccccc32)cc1. The van der Waals surface area contributed by atoms with E-state index in [1.54, 1.807) is 24.3 Å². The molecule has 0 fully saturated rings. The van der Waals surface area contributed by atoms with Gasteiger partial charge in [-0.1, -0.05) is 30.0 Å². The monoisotopic (exact) mass is 404 g/mol. The van der Waals surface area contributed by atoms with E-state index in [0.29, 0.717) is 17.8 Å². The van der Waals surface area contributed by atoms with Crippen LogP contribution in [0.4, 0.5) is 11.4 Å². The smallest absolute Gasteiger partial charge is 0.264 e. The predicted molar refractivity (Wildman–Crippen MR) is 107 cm³/mol. The first-order valence-electron chi connectivity index (χ1n) is 8.39. The molecule has 0 atom stereocenters. The van der Waals surface area contributed by atoms with Gasteiger partial charge in [-0.3, -0.25) is 9.10 Å². The van der Waals surface area contributed by atoms with Crippen molar-refractivity contribution < 1.29 is 18.3 Å². The van der Waals surface area contributed by atoms with Gasteiger partial charge in [-0.2, -0.15) is 0 Å². The summed E-state index contributed by atoms with van der Waals surface area (Å²) in [4.78, 5) is 13.0. The van der Waals surface area contributed by atoms with Crippen molar-refractivity contribution >= 4 is 39.1 Å². The van der Waals surface area contributed by atoms with Crippen LogP contribution in [0.25, 0.3) is 0 Å². The van der Waals surface area contributed by atoms with Crippen molar-refractivity contribution in [2.45, 2.75) is 23.1 Å². The number of sulfonamides is 1. The zero-order chi connectivity index (χ0) is 19.4. The molecule has 1 amide bonds. The zero-order valence-electron chi connectivity index (χ0n) is 14.8. The number of nitrogens with zero attached hydrogens (tertiary/aromatic N) is 1. The number of thioether (sulfide) groups is 1. The second kappa shape index (κ2) is 8.16. The number of para-hydroxylation sites is 1. The van der Waals surface area contributed by atoms with Gasteiger partial charge >= 0.3 is 0 Å². The lowest BCUT2D eigenvalue weighted by atomic mass is 10.3. The lowest BCUT2D eigenvalue weighted by Crippen LogP contribution is -2.31. The maximum atomic E-state index is 13.3. The van der Waals surface area contributed by atoms with Gasteiger partial charge in [-0.25, -0.2) is 8.42 Å². The summed E-state index contributed by atoms with van der Waals surface area (Å²) in [7, 11) is -3.78. The highest BCUT2D eigenvalue weighted by molar-refractivity contribution is 8.03. The fourth-order valence-electron chi connectivity index (χ4n) is 2.75. The lowest BCUT2D eigenvalue weighted by molar-refractivity contribution is -0.114. The van der Waals surface area contributed by atoms with Crippen LogP contribution < -0.4 is 9.62 Å². The largest absolute Gasteiger partial charge is 0.396 e. The molecule has 2 aromatic rings. The van der Waals surface area contributed by atoms with Crippen LogP contribution in [0, 0.1) is 0 Å². The van der Waals surface area contributed by atoms with Crippen molar-refractivity contribution in [3.63, 3.8) is 0 Å². The molecule has 6 nitrogen and oxygen atoms in total. The molecule has 3 rings (SSSR count). The first-order valence-corrected chi connectivity index (χ1v) is 10.6. The van der Waals surface area contributed by atoms with E-state index in [1.807, 2.05) is 18.2 Å². The molecule has 0 saturated carbocycles. The van der Waals surface area contributed by atoms with Crippen LogP contribution in [-0.4, -0.2) is 32.6 Å². The van der Waals surface area contributed by atoms with E-state index in [4.69, 9.17) is 0 Å². The summed E-state index contributed by atoms with van der Waals surface area (Å²) in [5.41, 5.74) is 1.15. The lowest BCUT2D eigenvalue weighted by Gasteiger charge is -2.23. The molecule has 0 spiro atoms. The van der Waals surface area contributed by atoms with E-state index in [0.717, 1.165) is 9.80 Å². The van der Waals surface area contributed by atoms with Gasteiger partial charge < -0.3 is 10.4 Å². The second-order valence-corrected chi connectivity index (χ2v) is 8.99. The Balaban J connectivity index is 1.99. The summed E-state index contributed by atoms with van der Waals surface area (Å²) in [6.45, 7) is 1.60. The molecule has 1 aliphatic heterocycles. The van der Waals surface area contributed by atoms with Gasteiger partial charge in [0.1, 0.15) is 0 Å². The van der Waals surface area contributed by atoms with Gasteiger partial charge in [0, 0.05) is 30.5 Å². The average molecular weight is 405 g/mol. The Bertz CT molecular complexity index is 969. The number of hydrogen-bond donors (Lipinski definition) is 2. The normalized spacial score (nSPS) is 14.1. The molecule has 0 saturated heterocycles. The van der Waals surface area contributed by atoms with Crippen molar-refractivity contribution in [1.29, 1.82) is 0 Å². The summed E-state index contributed by atoms with van der Waals surface area (Å²) in [5, 5.41) is 11.9. The van der Waals surface area contributed by atoms with Crippen molar-refractivity contribution in [3.8, 4) is 0 Å². The van der Waals surface area contributed by atoms with E-state index in [2.05, 4.69) is 5.32 Å². The van der Waals surface area contributed by atoms with Gasteiger partial charge in [-0.05, 0) is 41.3 Å². The highest BCUT2D eigenvalue weighted by Gasteiger charge is 2.28. The molecule has 0 bridgehead atoms. The maximum Gasteiger partial charge on any atom is 0.264 e. The Morgan fingerprint density at radius 1 is 1.19 bits per heavy atom. The molecular weight excluding hydrogens is 384 g/mol. The third kappa shape index (κ3) is 4.35. The van der Waals surface area contributed by atoms with E-state index >= 15 is 0 Å². The van der Waals surface area contributed by atoms with Crippen LogP contribution in [0.1, 0.15) is 13.3 Å². The molecular formula is C19H20N2O4S2. The minimum absolute atomic E-state index is 0.0123. The van der Waals surface area contributed by atoms with Crippen molar-refractivity contribution in [3.05, 3.63) is 59.5 Å². The third-order valence-corrected chi connectivity index (χ3v) is 6.97. The van der Waals surface area contributed by atoms with Gasteiger partial charge in [0.05, 0.1) is 17.1 Å². The number of fused-ring (bicyclic) bond motifs is 1. The minimum Gasteiger partial charge on any atom is -0.396 e. The molecule has 142 valence electrons. The number of carbonyl (C=O) groups is 1. The number of aliphatic hydroxyl groups is 1. The molecule has 2 aromatic carbocycles. The topological polar surface area (TPSA) is 86.7 Å². The molecule has 0 aromatic heterocycles. The molecule has 0 radical (unpaired) electrons. The van der Waals surface area contributed by atoms with Crippen LogP contribution in [0.15, 0.2) is 69.3 Å². The Hall–Kier alpha value is -2.29. The molecule has 1 heterocycles. The Morgan fingerprint density at radius 2 is 1.89 bits per heavy atom. The summed E-state index contributed by atoms with van der Waals surface area (Å²) in [6.07, 6.45) is 2.32. The van der Waals surface area contributed by atoms with Crippen LogP contribution in [0.5, 0.6) is 0 Å². The molecule has 2 N–H and O–H groups in total. The second-order valence-electron chi connectivity index (χ2n) is 5.96. The Morgan fingerprint density at radius 3 is 2.56 bits per heavy atom. The summed E-state index contributed by atoms with van der Waals surface area (Å²) < 4.78 is 27.9. The summed E-state index contributed by atoms with van der Waals surface area (Å²) in [5.74, 6) is -0.217. The van der Waals surface area contributed by atoms with Gasteiger partial charge in [0.2, 0.25) is 5.91 Å². The highest BCUT2D eigenvalue weighted by Crippen LogP contribution is 2.40. The van der Waals surface area contributed by atoms with Crippen molar-refractivity contribution in [2.24, 2.45) is 0 Å². The fourth-order valence-corrected chi connectivity index (χ4v) is 5.29. The molecule has 27 heavy (non-hydrogen) atoms. The molecule has 1 aliphatic rings. The van der Waals surface area contributed by atoms with Crippen LogP contribution in [0.3, 0.4) is 0 Å². The number of rotatable bonds is 5. The van der Waals surface area contributed by atoms with Gasteiger partial charge in [-0.15, -0.1) is 0 Å². The standard InChI is InChI=1S/C19H20N2O4S2/c1-14(23)20-15-6-8-17(9-7-15)27(24,25)21-12-10-16(11-13-22)26-19-5-3-2-4-18(19)21/h2-10,22H,11-13H2,1H3,(H,20,23). The number of amides is 1. The molecule has 0 unspecified atom stereocenters. The Kier molecular flexibility index (Phi) is 5.88. The minimum atomic E-state index is -3.78. The molecule has 0 aliphatic carbocycles. The van der Waals surface area contributed by atoms with Gasteiger partial charge in [0.15, 0.2) is 0 Å². The van der Waals surface area contributed by atoms with Crippen LogP contribution in [0.2, 0.25) is 0 Å². The predicted octanol–water partition coefficient (Wildman–Crippen LogP) is 3.21. The maximum absolute atomic E-state index is 13.3. The Labute approximate surface area is 162 Å². The van der Waals surface area contributed by atoms with Gasteiger partial charge in [0.25, 0.3) is 10.0 Å². The number of nitrogens with one attached hydrogen (secondary N) is 1. The van der Waals surface area contributed by atoms with Crippen molar-refractivity contribution in [2.75, 3.05) is 22.8 Å². The fraction of sp³-hybridized carbons (Fsp3) is 0.211. The summed E-state index contributed by atoms with van der Waals surface area (Å²) in [6, 6.07) is 13.4. The molecule has 8 heteroatoms. The van der Waals surface area contributed by atoms with E-state index in [9.17, 15) is 18.3 Å². The number of hydrogen-bond acceptors (Lipinski definition) is 5. The zero-order valence-corrected chi connectivity index (χ0v) is 16.4. The highest BCUT2D eigenvalue weighted by atomic mass is 32.2. The number of benzene rings is 2. The van der Waals surface area contributed by atoms with Crippen LogP contribution in [-0.2, 0) is 14.8 Å². The first-order chi connectivity index (χ1) is 12.9. The van der Waals surface area contributed by atoms with Crippen molar-refractivity contribution in [1.82, 2.24) is 0 Å². The van der Waals surface area contributed by atoms with E-state index < -0.39 is 10.0 Å². The van der Waals surface area contributed by atoms with Crippen LogP contribution >= 0.6 is 11.8 Å². The average Bonchev–Trinajstić information content (AvgIpc) is 2.81. The quantitative estimate of drug-likeness (QED) is 0.799. The third-order valence-electron chi connectivity index (χ3n) is 3.98. The summed E-state index contributed by atoms with van der Waals surface area (Å²) >= 11 is 1.47. The number of anilines is 2. The first kappa shape index (κ1) is 19.5.